The second kappa shape index (κ2) is 10.6. The number of hydrogen-bond acceptors (Lipinski definition) is 4. The molecule has 0 spiro atoms. The van der Waals surface area contributed by atoms with Gasteiger partial charge in [-0.2, -0.15) is 0 Å². The van der Waals surface area contributed by atoms with E-state index < -0.39 is 5.82 Å². The first-order chi connectivity index (χ1) is 16.0. The average molecular weight is 454 g/mol. The van der Waals surface area contributed by atoms with Crippen molar-refractivity contribution in [1.82, 2.24) is 10.2 Å². The highest BCUT2D eigenvalue weighted by atomic mass is 19.1. The molecule has 1 unspecified atom stereocenters. The van der Waals surface area contributed by atoms with Crippen LogP contribution < -0.4 is 10.6 Å². The fourth-order valence-corrected chi connectivity index (χ4v) is 4.28. The van der Waals surface area contributed by atoms with Crippen LogP contribution in [0.5, 0.6) is 0 Å². The van der Waals surface area contributed by atoms with Gasteiger partial charge >= 0.3 is 0 Å². The standard InChI is InChI=1S/C25H28FN3O4/c26-19-6-3-5-18(15-19)25(32)29-12-10-17(11-13-29)23(30)28-22-9-2-1-8-21(22)24(31)27-16-20-7-4-14-33-20/h1-3,5-6,8-9,15,17,20H,4,7,10-14,16H2,(H,27,31)(H,28,30). The molecule has 0 aromatic heterocycles. The average Bonchev–Trinajstić information content (AvgIpc) is 3.36. The lowest BCUT2D eigenvalue weighted by Gasteiger charge is -2.31. The summed E-state index contributed by atoms with van der Waals surface area (Å²) < 4.78 is 19.0. The highest BCUT2D eigenvalue weighted by Gasteiger charge is 2.28. The predicted octanol–water partition coefficient (Wildman–Crippen LogP) is 3.23. The molecule has 2 aliphatic rings. The van der Waals surface area contributed by atoms with Gasteiger partial charge in [0.15, 0.2) is 0 Å². The third-order valence-electron chi connectivity index (χ3n) is 6.17. The van der Waals surface area contributed by atoms with Crippen molar-refractivity contribution >= 4 is 23.4 Å². The second-order valence-corrected chi connectivity index (χ2v) is 8.46. The van der Waals surface area contributed by atoms with Gasteiger partial charge in [0.25, 0.3) is 11.8 Å². The molecule has 174 valence electrons. The molecule has 2 heterocycles. The van der Waals surface area contributed by atoms with Crippen LogP contribution >= 0.6 is 0 Å². The zero-order chi connectivity index (χ0) is 23.2. The molecule has 2 aromatic rings. The molecule has 2 fully saturated rings. The zero-order valence-electron chi connectivity index (χ0n) is 18.4. The van der Waals surface area contributed by atoms with Crippen LogP contribution in [0.15, 0.2) is 48.5 Å². The van der Waals surface area contributed by atoms with E-state index in [9.17, 15) is 18.8 Å². The van der Waals surface area contributed by atoms with Crippen LogP contribution in [0, 0.1) is 11.7 Å². The number of halogens is 1. The van der Waals surface area contributed by atoms with Gasteiger partial charge in [0.05, 0.1) is 17.4 Å². The largest absolute Gasteiger partial charge is 0.376 e. The van der Waals surface area contributed by atoms with E-state index in [0.717, 1.165) is 19.4 Å². The van der Waals surface area contributed by atoms with E-state index in [2.05, 4.69) is 10.6 Å². The van der Waals surface area contributed by atoms with Crippen molar-refractivity contribution in [2.24, 2.45) is 5.92 Å². The van der Waals surface area contributed by atoms with Gasteiger partial charge in [-0.1, -0.05) is 18.2 Å². The minimum atomic E-state index is -0.450. The van der Waals surface area contributed by atoms with E-state index in [4.69, 9.17) is 4.74 Å². The number of nitrogens with zero attached hydrogens (tertiary/aromatic N) is 1. The van der Waals surface area contributed by atoms with Crippen LogP contribution in [0.3, 0.4) is 0 Å². The lowest BCUT2D eigenvalue weighted by molar-refractivity contribution is -0.121. The topological polar surface area (TPSA) is 87.7 Å². The molecule has 2 aromatic carbocycles. The van der Waals surface area contributed by atoms with Crippen LogP contribution in [0.2, 0.25) is 0 Å². The SMILES string of the molecule is O=C(NCC1CCCO1)c1ccccc1NC(=O)C1CCN(C(=O)c2cccc(F)c2)CC1. The smallest absolute Gasteiger partial charge is 0.253 e. The van der Waals surface area contributed by atoms with Gasteiger partial charge < -0.3 is 20.3 Å². The first kappa shape index (κ1) is 22.9. The summed E-state index contributed by atoms with van der Waals surface area (Å²) in [6.07, 6.45) is 2.97. The maximum Gasteiger partial charge on any atom is 0.253 e. The Labute approximate surface area is 192 Å². The fraction of sp³-hybridized carbons (Fsp3) is 0.400. The molecule has 0 aliphatic carbocycles. The summed E-state index contributed by atoms with van der Waals surface area (Å²) in [6.45, 7) is 1.99. The number of carbonyl (C=O) groups is 3. The van der Waals surface area contributed by atoms with Crippen LogP contribution in [0.1, 0.15) is 46.4 Å². The quantitative estimate of drug-likeness (QED) is 0.703. The lowest BCUT2D eigenvalue weighted by atomic mass is 9.95. The molecule has 4 rings (SSSR count). The molecule has 3 amide bonds. The first-order valence-electron chi connectivity index (χ1n) is 11.4. The molecule has 2 N–H and O–H groups in total. The molecule has 0 bridgehead atoms. The second-order valence-electron chi connectivity index (χ2n) is 8.46. The minimum Gasteiger partial charge on any atom is -0.376 e. The summed E-state index contributed by atoms with van der Waals surface area (Å²) >= 11 is 0. The number of carbonyl (C=O) groups excluding carboxylic acids is 3. The van der Waals surface area contributed by atoms with Gasteiger partial charge in [0.2, 0.25) is 5.91 Å². The van der Waals surface area contributed by atoms with Crippen molar-refractivity contribution in [1.29, 1.82) is 0 Å². The van der Waals surface area contributed by atoms with Crippen molar-refractivity contribution in [3.63, 3.8) is 0 Å². The zero-order valence-corrected chi connectivity index (χ0v) is 18.4. The van der Waals surface area contributed by atoms with E-state index >= 15 is 0 Å². The summed E-state index contributed by atoms with van der Waals surface area (Å²) in [7, 11) is 0. The number of likely N-dealkylation sites (tertiary alicyclic amines) is 1. The fourth-order valence-electron chi connectivity index (χ4n) is 4.28. The molecular formula is C25H28FN3O4. The molecule has 0 radical (unpaired) electrons. The third kappa shape index (κ3) is 5.76. The minimum absolute atomic E-state index is 0.0379. The summed E-state index contributed by atoms with van der Waals surface area (Å²) in [5, 5.41) is 5.77. The van der Waals surface area contributed by atoms with E-state index in [1.807, 2.05) is 0 Å². The number of piperidine rings is 1. The van der Waals surface area contributed by atoms with Crippen LogP contribution in [-0.2, 0) is 9.53 Å². The first-order valence-corrected chi connectivity index (χ1v) is 11.4. The molecule has 8 heteroatoms. The van der Waals surface area contributed by atoms with Crippen molar-refractivity contribution in [2.75, 3.05) is 31.6 Å². The Morgan fingerprint density at radius 3 is 2.55 bits per heavy atom. The summed E-state index contributed by atoms with van der Waals surface area (Å²) in [6, 6.07) is 12.5. The number of anilines is 1. The van der Waals surface area contributed by atoms with Gasteiger partial charge in [-0.3, -0.25) is 14.4 Å². The Balaban J connectivity index is 1.32. The van der Waals surface area contributed by atoms with Gasteiger partial charge in [-0.15, -0.1) is 0 Å². The van der Waals surface area contributed by atoms with Gasteiger partial charge in [-0.25, -0.2) is 4.39 Å². The van der Waals surface area contributed by atoms with Gasteiger partial charge in [0, 0.05) is 37.7 Å². The van der Waals surface area contributed by atoms with E-state index in [1.54, 1.807) is 35.2 Å². The molecular weight excluding hydrogens is 425 g/mol. The van der Waals surface area contributed by atoms with Gasteiger partial charge in [-0.05, 0) is 56.0 Å². The third-order valence-corrected chi connectivity index (χ3v) is 6.17. The van der Waals surface area contributed by atoms with Crippen LogP contribution in [0.25, 0.3) is 0 Å². The maximum absolute atomic E-state index is 13.4. The van der Waals surface area contributed by atoms with Crippen molar-refractivity contribution < 1.29 is 23.5 Å². The molecule has 1 atom stereocenters. The van der Waals surface area contributed by atoms with Crippen molar-refractivity contribution in [3.05, 3.63) is 65.5 Å². The Morgan fingerprint density at radius 1 is 1.03 bits per heavy atom. The van der Waals surface area contributed by atoms with E-state index in [0.29, 0.717) is 49.3 Å². The number of ether oxygens (including phenoxy) is 1. The Hall–Kier alpha value is -3.26. The number of rotatable bonds is 6. The summed E-state index contributed by atoms with van der Waals surface area (Å²) in [4.78, 5) is 39.8. The Kier molecular flexibility index (Phi) is 7.34. The number of hydrogen-bond donors (Lipinski definition) is 2. The van der Waals surface area contributed by atoms with Crippen LogP contribution in [0.4, 0.5) is 10.1 Å². The van der Waals surface area contributed by atoms with Crippen LogP contribution in [-0.4, -0.2) is 55.0 Å². The van der Waals surface area contributed by atoms with Crippen molar-refractivity contribution in [3.8, 4) is 0 Å². The lowest BCUT2D eigenvalue weighted by Crippen LogP contribution is -2.41. The monoisotopic (exact) mass is 453 g/mol. The molecule has 2 saturated heterocycles. The summed E-state index contributed by atoms with van der Waals surface area (Å²) in [5.74, 6) is -1.39. The number of nitrogens with one attached hydrogen (secondary N) is 2. The highest BCUT2D eigenvalue weighted by molar-refractivity contribution is 6.04. The summed E-state index contributed by atoms with van der Waals surface area (Å²) in [5.41, 5.74) is 1.18. The normalized spacial score (nSPS) is 18.7. The Morgan fingerprint density at radius 2 is 1.82 bits per heavy atom. The number of benzene rings is 2. The van der Waals surface area contributed by atoms with Gasteiger partial charge in [0.1, 0.15) is 5.82 Å². The Bertz CT molecular complexity index is 1010. The molecule has 0 saturated carbocycles. The number of amides is 3. The maximum atomic E-state index is 13.4. The predicted molar refractivity (Wildman–Crippen MR) is 121 cm³/mol. The molecule has 7 nitrogen and oxygen atoms in total. The highest BCUT2D eigenvalue weighted by Crippen LogP contribution is 2.23. The molecule has 2 aliphatic heterocycles. The van der Waals surface area contributed by atoms with E-state index in [1.165, 1.54) is 18.2 Å². The van der Waals surface area contributed by atoms with Crippen molar-refractivity contribution in [2.45, 2.75) is 31.8 Å². The molecule has 33 heavy (non-hydrogen) atoms. The number of para-hydroxylation sites is 1. The van der Waals surface area contributed by atoms with E-state index in [-0.39, 0.29) is 29.7 Å².